The maximum Gasteiger partial charge on any atom is 0.240 e. The number of aromatic amines is 1. The Labute approximate surface area is 164 Å². The van der Waals surface area contributed by atoms with Crippen LogP contribution < -0.4 is 5.32 Å². The fourth-order valence-electron chi connectivity index (χ4n) is 3.41. The number of halogens is 4. The fourth-order valence-corrected chi connectivity index (χ4v) is 4.31. The largest absolute Gasteiger partial charge is 0.302 e. The van der Waals surface area contributed by atoms with E-state index < -0.39 is 35.6 Å². The summed E-state index contributed by atoms with van der Waals surface area (Å²) in [6.07, 6.45) is -0.901. The van der Waals surface area contributed by atoms with Crippen molar-refractivity contribution in [2.24, 2.45) is 5.92 Å². The number of anilines is 1. The number of hydrogen-bond acceptors (Lipinski definition) is 4. The summed E-state index contributed by atoms with van der Waals surface area (Å²) >= 11 is 1.16. The Hall–Kier alpha value is -3.01. The van der Waals surface area contributed by atoms with Crippen LogP contribution in [0, 0.1) is 30.4 Å². The molecular weight excluding hydrogens is 408 g/mol. The van der Waals surface area contributed by atoms with Gasteiger partial charge in [-0.05, 0) is 36.6 Å². The number of amides is 1. The number of alkyl halides is 1. The number of nitrogens with one attached hydrogen (secondary N) is 2. The number of aromatic nitrogens is 3. The van der Waals surface area contributed by atoms with E-state index in [1.54, 1.807) is 18.2 Å². The molecule has 4 aromatic rings. The van der Waals surface area contributed by atoms with Gasteiger partial charge >= 0.3 is 0 Å². The molecular formula is C19H12F4N4OS. The van der Waals surface area contributed by atoms with E-state index in [9.17, 15) is 22.4 Å². The summed E-state index contributed by atoms with van der Waals surface area (Å²) < 4.78 is 56.4. The molecule has 29 heavy (non-hydrogen) atoms. The molecule has 0 unspecified atom stereocenters. The summed E-state index contributed by atoms with van der Waals surface area (Å²) in [5.41, 5.74) is 0.806. The van der Waals surface area contributed by atoms with Crippen LogP contribution in [-0.2, 0) is 4.79 Å². The van der Waals surface area contributed by atoms with Crippen LogP contribution in [0.3, 0.4) is 0 Å². The SMILES string of the molecule is Cc1c(F)c(F)c2[nH]nc(F)c2c1-c1ccc2nc(NC(=O)[C@@H]3C[C@@H]3F)sc2c1. The first-order valence-corrected chi connectivity index (χ1v) is 9.53. The molecule has 2 aromatic carbocycles. The van der Waals surface area contributed by atoms with E-state index in [1.807, 2.05) is 0 Å². The number of benzene rings is 2. The lowest BCUT2D eigenvalue weighted by molar-refractivity contribution is -0.117. The van der Waals surface area contributed by atoms with Crippen molar-refractivity contribution in [3.05, 3.63) is 41.3 Å². The van der Waals surface area contributed by atoms with E-state index in [2.05, 4.69) is 20.5 Å². The lowest BCUT2D eigenvalue weighted by Gasteiger charge is -2.10. The van der Waals surface area contributed by atoms with E-state index in [1.165, 1.54) is 6.92 Å². The molecule has 10 heteroatoms. The molecule has 148 valence electrons. The predicted octanol–water partition coefficient (Wildman–Crippen LogP) is 4.86. The second-order valence-electron chi connectivity index (χ2n) is 6.94. The summed E-state index contributed by atoms with van der Waals surface area (Å²) in [6.45, 7) is 1.37. The zero-order valence-corrected chi connectivity index (χ0v) is 15.6. The van der Waals surface area contributed by atoms with Crippen LogP contribution in [0.1, 0.15) is 12.0 Å². The van der Waals surface area contributed by atoms with Gasteiger partial charge in [0, 0.05) is 5.56 Å². The topological polar surface area (TPSA) is 70.7 Å². The maximum atomic E-state index is 14.4. The third-order valence-corrected chi connectivity index (χ3v) is 5.98. The lowest BCUT2D eigenvalue weighted by Crippen LogP contribution is -2.14. The number of hydrogen-bond donors (Lipinski definition) is 2. The van der Waals surface area contributed by atoms with Crippen molar-refractivity contribution in [1.29, 1.82) is 0 Å². The molecule has 1 aliphatic carbocycles. The van der Waals surface area contributed by atoms with Crippen molar-refractivity contribution in [2.75, 3.05) is 5.32 Å². The van der Waals surface area contributed by atoms with Crippen molar-refractivity contribution in [3.8, 4) is 11.1 Å². The summed E-state index contributed by atoms with van der Waals surface area (Å²) in [5.74, 6) is -4.26. The van der Waals surface area contributed by atoms with Crippen LogP contribution in [0.15, 0.2) is 18.2 Å². The number of thiazole rings is 1. The number of rotatable bonds is 3. The highest BCUT2D eigenvalue weighted by atomic mass is 32.1. The molecule has 0 bridgehead atoms. The molecule has 0 aliphatic heterocycles. The van der Waals surface area contributed by atoms with Crippen molar-refractivity contribution in [1.82, 2.24) is 15.2 Å². The van der Waals surface area contributed by atoms with Gasteiger partial charge in [-0.25, -0.2) is 18.2 Å². The van der Waals surface area contributed by atoms with E-state index in [0.717, 1.165) is 11.3 Å². The minimum absolute atomic E-state index is 0.0459. The fraction of sp³-hybridized carbons (Fsp3) is 0.211. The quantitative estimate of drug-likeness (QED) is 0.465. The average Bonchev–Trinajstić information content (AvgIpc) is 3.11. The minimum atomic E-state index is -1.19. The highest BCUT2D eigenvalue weighted by Crippen LogP contribution is 2.39. The van der Waals surface area contributed by atoms with Gasteiger partial charge in [-0.3, -0.25) is 9.89 Å². The van der Waals surface area contributed by atoms with Crippen molar-refractivity contribution in [2.45, 2.75) is 19.5 Å². The highest BCUT2D eigenvalue weighted by Gasteiger charge is 2.43. The number of fused-ring (bicyclic) bond motifs is 2. The third-order valence-electron chi connectivity index (χ3n) is 5.05. The number of H-pyrrole nitrogens is 1. The molecule has 1 saturated carbocycles. The van der Waals surface area contributed by atoms with Crippen LogP contribution >= 0.6 is 11.3 Å². The summed E-state index contributed by atoms with van der Waals surface area (Å²) in [7, 11) is 0. The van der Waals surface area contributed by atoms with Crippen LogP contribution in [0.25, 0.3) is 32.2 Å². The summed E-state index contributed by atoms with van der Waals surface area (Å²) in [6, 6.07) is 4.90. The molecule has 2 heterocycles. The minimum Gasteiger partial charge on any atom is -0.302 e. The molecule has 2 aromatic heterocycles. The van der Waals surface area contributed by atoms with Crippen LogP contribution in [0.5, 0.6) is 0 Å². The Morgan fingerprint density at radius 3 is 2.76 bits per heavy atom. The van der Waals surface area contributed by atoms with Gasteiger partial charge in [-0.1, -0.05) is 17.4 Å². The van der Waals surface area contributed by atoms with Crippen molar-refractivity contribution >= 4 is 43.5 Å². The number of carbonyl (C=O) groups excluding carboxylic acids is 1. The van der Waals surface area contributed by atoms with Gasteiger partial charge in [-0.2, -0.15) is 4.39 Å². The molecule has 1 fully saturated rings. The summed E-state index contributed by atoms with van der Waals surface area (Å²) in [5, 5.41) is 8.32. The average molecular weight is 420 g/mol. The molecule has 2 N–H and O–H groups in total. The van der Waals surface area contributed by atoms with Crippen molar-refractivity contribution in [3.63, 3.8) is 0 Å². The molecule has 0 radical (unpaired) electrons. The Kier molecular flexibility index (Phi) is 3.89. The molecule has 5 nitrogen and oxygen atoms in total. The molecule has 5 rings (SSSR count). The van der Waals surface area contributed by atoms with Gasteiger partial charge in [-0.15, -0.1) is 5.10 Å². The lowest BCUT2D eigenvalue weighted by atomic mass is 9.96. The molecule has 0 saturated heterocycles. The Balaban J connectivity index is 1.61. The normalized spacial score (nSPS) is 18.5. The third kappa shape index (κ3) is 2.78. The second kappa shape index (κ2) is 6.24. The first-order valence-electron chi connectivity index (χ1n) is 8.72. The zero-order chi connectivity index (χ0) is 20.4. The summed E-state index contributed by atoms with van der Waals surface area (Å²) in [4.78, 5) is 16.2. The number of nitrogens with zero attached hydrogens (tertiary/aromatic N) is 2. The van der Waals surface area contributed by atoms with Crippen LogP contribution in [-0.4, -0.2) is 27.3 Å². The van der Waals surface area contributed by atoms with Crippen molar-refractivity contribution < 1.29 is 22.4 Å². The zero-order valence-electron chi connectivity index (χ0n) is 14.8. The Morgan fingerprint density at radius 2 is 2.03 bits per heavy atom. The van der Waals surface area contributed by atoms with Gasteiger partial charge in [0.25, 0.3) is 0 Å². The predicted molar refractivity (Wildman–Crippen MR) is 101 cm³/mol. The highest BCUT2D eigenvalue weighted by molar-refractivity contribution is 7.22. The first kappa shape index (κ1) is 18.0. The molecule has 1 aliphatic rings. The van der Waals surface area contributed by atoms with E-state index in [0.29, 0.717) is 20.9 Å². The van der Waals surface area contributed by atoms with Gasteiger partial charge < -0.3 is 5.32 Å². The van der Waals surface area contributed by atoms with Gasteiger partial charge in [0.2, 0.25) is 11.9 Å². The Morgan fingerprint density at radius 1 is 1.28 bits per heavy atom. The van der Waals surface area contributed by atoms with E-state index >= 15 is 0 Å². The molecule has 1 amide bonds. The van der Waals surface area contributed by atoms with Crippen LogP contribution in [0.2, 0.25) is 0 Å². The maximum absolute atomic E-state index is 14.4. The smallest absolute Gasteiger partial charge is 0.240 e. The van der Waals surface area contributed by atoms with E-state index in [-0.39, 0.29) is 28.5 Å². The Bertz CT molecular complexity index is 1320. The van der Waals surface area contributed by atoms with Gasteiger partial charge in [0.1, 0.15) is 11.7 Å². The van der Waals surface area contributed by atoms with Gasteiger partial charge in [0.15, 0.2) is 16.8 Å². The first-order chi connectivity index (χ1) is 13.8. The number of carbonyl (C=O) groups is 1. The van der Waals surface area contributed by atoms with E-state index in [4.69, 9.17) is 0 Å². The van der Waals surface area contributed by atoms with Crippen LogP contribution in [0.4, 0.5) is 22.7 Å². The molecule has 2 atom stereocenters. The standard InChI is InChI=1S/C19H12F4N4OS/c1-6-12(13-16(15(22)14(6)21)26-27-17(13)23)7-2-3-10-11(4-7)29-19(24-10)25-18(28)8-5-9(8)20/h2-4,8-9H,5H2,1H3,(H,26,27)(H,24,25,28)/t8-,9+/m1/s1. The second-order valence-corrected chi connectivity index (χ2v) is 7.97. The monoisotopic (exact) mass is 420 g/mol. The van der Waals surface area contributed by atoms with Gasteiger partial charge in [0.05, 0.1) is 21.5 Å². The molecule has 0 spiro atoms.